The summed E-state index contributed by atoms with van der Waals surface area (Å²) < 4.78 is 18.6. The van der Waals surface area contributed by atoms with Gasteiger partial charge in [0.25, 0.3) is 0 Å². The number of carbonyl (C=O) groups is 1. The summed E-state index contributed by atoms with van der Waals surface area (Å²) in [6.45, 7) is 0.533. The molecule has 1 atom stereocenters. The van der Waals surface area contributed by atoms with Crippen LogP contribution in [0.3, 0.4) is 0 Å². The number of hydrogen-bond acceptors (Lipinski definition) is 3. The molecule has 1 aliphatic rings. The first kappa shape index (κ1) is 11.9. The third-order valence-electron chi connectivity index (χ3n) is 2.74. The summed E-state index contributed by atoms with van der Waals surface area (Å²) in [7, 11) is 0. The highest BCUT2D eigenvalue weighted by molar-refractivity contribution is 5.76. The van der Waals surface area contributed by atoms with Crippen molar-refractivity contribution >= 4 is 5.97 Å². The van der Waals surface area contributed by atoms with Crippen LogP contribution >= 0.6 is 0 Å². The zero-order valence-electron chi connectivity index (χ0n) is 9.23. The van der Waals surface area contributed by atoms with Gasteiger partial charge in [-0.15, -0.1) is 0 Å². The molecule has 92 valence electrons. The van der Waals surface area contributed by atoms with Gasteiger partial charge in [-0.3, -0.25) is 4.79 Å². The third-order valence-corrected chi connectivity index (χ3v) is 2.74. The number of carboxylic acid groups (broad SMARTS) is 1. The van der Waals surface area contributed by atoms with E-state index in [9.17, 15) is 9.18 Å². The van der Waals surface area contributed by atoms with Crippen molar-refractivity contribution in [2.75, 3.05) is 6.61 Å². The molecule has 0 heterocycles. The highest BCUT2D eigenvalue weighted by Crippen LogP contribution is 2.31. The molecule has 5 heteroatoms. The van der Waals surface area contributed by atoms with Crippen LogP contribution in [0.1, 0.15) is 24.4 Å². The Morgan fingerprint density at radius 1 is 1.59 bits per heavy atom. The van der Waals surface area contributed by atoms with Gasteiger partial charge in [0.2, 0.25) is 0 Å². The Balaban J connectivity index is 2.19. The van der Waals surface area contributed by atoms with Gasteiger partial charge in [-0.1, -0.05) is 0 Å². The molecule has 1 fully saturated rings. The lowest BCUT2D eigenvalue weighted by atomic mass is 10.1. The molecule has 1 unspecified atom stereocenters. The topological polar surface area (TPSA) is 72.6 Å². The van der Waals surface area contributed by atoms with Gasteiger partial charge in [0.05, 0.1) is 6.61 Å². The van der Waals surface area contributed by atoms with Gasteiger partial charge in [0, 0.05) is 5.56 Å². The summed E-state index contributed by atoms with van der Waals surface area (Å²) in [5, 5.41) is 8.84. The lowest BCUT2D eigenvalue weighted by molar-refractivity contribution is -0.138. The summed E-state index contributed by atoms with van der Waals surface area (Å²) >= 11 is 0. The minimum Gasteiger partial charge on any atom is -0.493 e. The van der Waals surface area contributed by atoms with E-state index in [2.05, 4.69) is 0 Å². The van der Waals surface area contributed by atoms with Gasteiger partial charge >= 0.3 is 5.97 Å². The fourth-order valence-electron chi connectivity index (χ4n) is 1.52. The molecule has 1 saturated carbocycles. The predicted octanol–water partition coefficient (Wildman–Crippen LogP) is 1.70. The monoisotopic (exact) mass is 239 g/mol. The van der Waals surface area contributed by atoms with Crippen molar-refractivity contribution in [1.29, 1.82) is 0 Å². The lowest BCUT2D eigenvalue weighted by Crippen LogP contribution is -2.22. The van der Waals surface area contributed by atoms with Gasteiger partial charge in [0.1, 0.15) is 17.6 Å². The van der Waals surface area contributed by atoms with E-state index in [4.69, 9.17) is 15.6 Å². The Morgan fingerprint density at radius 3 is 2.88 bits per heavy atom. The number of rotatable bonds is 5. The zero-order chi connectivity index (χ0) is 12.4. The van der Waals surface area contributed by atoms with Crippen molar-refractivity contribution in [3.63, 3.8) is 0 Å². The van der Waals surface area contributed by atoms with Crippen LogP contribution in [0.4, 0.5) is 4.39 Å². The van der Waals surface area contributed by atoms with E-state index in [1.165, 1.54) is 12.1 Å². The van der Waals surface area contributed by atoms with Gasteiger partial charge in [0.15, 0.2) is 0 Å². The van der Waals surface area contributed by atoms with E-state index in [-0.39, 0.29) is 5.56 Å². The standard InChI is InChI=1S/C12H14FNO3/c13-8-3-4-10(17-6-7-1-2-7)9(5-8)11(14)12(15)16/h3-5,7,11H,1-2,6,14H2,(H,15,16). The number of benzene rings is 1. The number of carboxylic acids is 1. The first-order chi connectivity index (χ1) is 8.08. The molecule has 0 aliphatic heterocycles. The Morgan fingerprint density at radius 2 is 2.29 bits per heavy atom. The third kappa shape index (κ3) is 2.94. The summed E-state index contributed by atoms with van der Waals surface area (Å²) in [5.41, 5.74) is 5.66. The minimum atomic E-state index is -1.26. The van der Waals surface area contributed by atoms with Gasteiger partial charge in [-0.25, -0.2) is 4.39 Å². The van der Waals surface area contributed by atoms with Crippen LogP contribution in [0, 0.1) is 11.7 Å². The maximum absolute atomic E-state index is 13.1. The van der Waals surface area contributed by atoms with Crippen LogP contribution in [-0.2, 0) is 4.79 Å². The normalized spacial score (nSPS) is 16.6. The van der Waals surface area contributed by atoms with Crippen molar-refractivity contribution in [2.45, 2.75) is 18.9 Å². The van der Waals surface area contributed by atoms with E-state index < -0.39 is 17.8 Å². The second-order valence-electron chi connectivity index (χ2n) is 4.25. The van der Waals surface area contributed by atoms with Crippen LogP contribution in [0.25, 0.3) is 0 Å². The quantitative estimate of drug-likeness (QED) is 0.820. The molecule has 3 N–H and O–H groups in total. The SMILES string of the molecule is NC(C(=O)O)c1cc(F)ccc1OCC1CC1. The molecule has 0 amide bonds. The fourth-order valence-corrected chi connectivity index (χ4v) is 1.52. The van der Waals surface area contributed by atoms with Crippen LogP contribution < -0.4 is 10.5 Å². The maximum Gasteiger partial charge on any atom is 0.325 e. The molecular weight excluding hydrogens is 225 g/mol. The number of ether oxygens (including phenoxy) is 1. The highest BCUT2D eigenvalue weighted by atomic mass is 19.1. The molecule has 17 heavy (non-hydrogen) atoms. The van der Waals surface area contributed by atoms with Crippen molar-refractivity contribution in [1.82, 2.24) is 0 Å². The lowest BCUT2D eigenvalue weighted by Gasteiger charge is -2.14. The average molecular weight is 239 g/mol. The largest absolute Gasteiger partial charge is 0.493 e. The van der Waals surface area contributed by atoms with Crippen LogP contribution in [-0.4, -0.2) is 17.7 Å². The summed E-state index contributed by atoms with van der Waals surface area (Å²) in [4.78, 5) is 10.8. The number of halogens is 1. The van der Waals surface area contributed by atoms with Crippen molar-refractivity contribution < 1.29 is 19.0 Å². The Bertz CT molecular complexity index is 432. The Labute approximate surface area is 98.2 Å². The number of aliphatic carboxylic acids is 1. The molecule has 1 aromatic carbocycles. The minimum absolute atomic E-state index is 0.179. The summed E-state index contributed by atoms with van der Waals surface area (Å²) in [5.74, 6) is -0.829. The van der Waals surface area contributed by atoms with Gasteiger partial charge in [-0.2, -0.15) is 0 Å². The van der Waals surface area contributed by atoms with Crippen LogP contribution in [0.5, 0.6) is 5.75 Å². The average Bonchev–Trinajstić information content (AvgIpc) is 3.10. The van der Waals surface area contributed by atoms with Crippen molar-refractivity contribution in [3.8, 4) is 5.75 Å². The second-order valence-corrected chi connectivity index (χ2v) is 4.25. The van der Waals surface area contributed by atoms with Gasteiger partial charge in [-0.05, 0) is 37.0 Å². The molecule has 1 aromatic rings. The van der Waals surface area contributed by atoms with E-state index in [0.717, 1.165) is 18.9 Å². The summed E-state index contributed by atoms with van der Waals surface area (Å²) in [6, 6.07) is 2.51. The Kier molecular flexibility index (Phi) is 3.28. The molecule has 0 aromatic heterocycles. The number of nitrogens with two attached hydrogens (primary N) is 1. The van der Waals surface area contributed by atoms with E-state index in [0.29, 0.717) is 18.3 Å². The van der Waals surface area contributed by atoms with Crippen LogP contribution in [0.2, 0.25) is 0 Å². The smallest absolute Gasteiger partial charge is 0.325 e. The van der Waals surface area contributed by atoms with Crippen LogP contribution in [0.15, 0.2) is 18.2 Å². The van der Waals surface area contributed by atoms with Gasteiger partial charge < -0.3 is 15.6 Å². The first-order valence-corrected chi connectivity index (χ1v) is 5.48. The molecule has 0 saturated heterocycles. The fraction of sp³-hybridized carbons (Fsp3) is 0.417. The Hall–Kier alpha value is -1.62. The summed E-state index contributed by atoms with van der Waals surface area (Å²) in [6.07, 6.45) is 2.25. The maximum atomic E-state index is 13.1. The molecule has 0 spiro atoms. The van der Waals surface area contributed by atoms with E-state index in [1.807, 2.05) is 0 Å². The highest BCUT2D eigenvalue weighted by Gasteiger charge is 2.24. The van der Waals surface area contributed by atoms with Crippen molar-refractivity contribution in [2.24, 2.45) is 11.7 Å². The molecule has 4 nitrogen and oxygen atoms in total. The second kappa shape index (κ2) is 4.71. The number of hydrogen-bond donors (Lipinski definition) is 2. The molecular formula is C12H14FNO3. The van der Waals surface area contributed by atoms with Crippen molar-refractivity contribution in [3.05, 3.63) is 29.6 Å². The zero-order valence-corrected chi connectivity index (χ0v) is 9.23. The molecule has 1 aliphatic carbocycles. The molecule has 0 bridgehead atoms. The van der Waals surface area contributed by atoms with E-state index in [1.54, 1.807) is 0 Å². The first-order valence-electron chi connectivity index (χ1n) is 5.48. The van der Waals surface area contributed by atoms with E-state index >= 15 is 0 Å². The molecule has 2 rings (SSSR count). The predicted molar refractivity (Wildman–Crippen MR) is 59.2 cm³/mol. The molecule has 0 radical (unpaired) electrons.